The van der Waals surface area contributed by atoms with E-state index in [4.69, 9.17) is 9.47 Å². The lowest BCUT2D eigenvalue weighted by atomic mass is 9.93. The van der Waals surface area contributed by atoms with Crippen LogP contribution in [-0.4, -0.2) is 25.2 Å². The van der Waals surface area contributed by atoms with Crippen LogP contribution in [0.1, 0.15) is 36.6 Å². The minimum Gasteiger partial charge on any atom is -0.466 e. The highest BCUT2D eigenvalue weighted by molar-refractivity contribution is 5.70. The second-order valence-corrected chi connectivity index (χ2v) is 5.90. The molecule has 1 aliphatic rings. The fourth-order valence-electron chi connectivity index (χ4n) is 3.09. The second kappa shape index (κ2) is 8.08. The van der Waals surface area contributed by atoms with E-state index < -0.39 is 0 Å². The minimum absolute atomic E-state index is 0.0621. The molecular weight excluding hydrogens is 302 g/mol. The van der Waals surface area contributed by atoms with Crippen molar-refractivity contribution in [3.8, 4) is 0 Å². The van der Waals surface area contributed by atoms with E-state index in [0.717, 1.165) is 5.56 Å². The molecule has 0 bridgehead atoms. The molecule has 24 heavy (non-hydrogen) atoms. The van der Waals surface area contributed by atoms with Crippen LogP contribution in [0, 0.1) is 0 Å². The van der Waals surface area contributed by atoms with Crippen molar-refractivity contribution in [2.24, 2.45) is 0 Å². The van der Waals surface area contributed by atoms with Gasteiger partial charge in [-0.2, -0.15) is 0 Å². The van der Waals surface area contributed by atoms with Gasteiger partial charge in [-0.1, -0.05) is 60.7 Å². The first kappa shape index (κ1) is 16.7. The predicted octanol–water partition coefficient (Wildman–Crippen LogP) is 3.41. The Kier molecular flexibility index (Phi) is 5.62. The second-order valence-electron chi connectivity index (χ2n) is 5.90. The molecule has 4 heteroatoms. The van der Waals surface area contributed by atoms with Crippen LogP contribution in [-0.2, 0) is 14.3 Å². The quantitative estimate of drug-likeness (QED) is 0.856. The number of nitrogens with one attached hydrogen (secondary N) is 1. The van der Waals surface area contributed by atoms with Crippen molar-refractivity contribution >= 4 is 5.97 Å². The molecule has 4 nitrogen and oxygen atoms in total. The highest BCUT2D eigenvalue weighted by atomic mass is 16.5. The van der Waals surface area contributed by atoms with Gasteiger partial charge in [0, 0.05) is 6.54 Å². The Morgan fingerprint density at radius 2 is 1.71 bits per heavy atom. The van der Waals surface area contributed by atoms with Gasteiger partial charge in [-0.05, 0) is 18.1 Å². The lowest BCUT2D eigenvalue weighted by Crippen LogP contribution is -2.44. The van der Waals surface area contributed by atoms with Gasteiger partial charge < -0.3 is 14.8 Å². The summed E-state index contributed by atoms with van der Waals surface area (Å²) < 4.78 is 11.3. The van der Waals surface area contributed by atoms with Crippen LogP contribution < -0.4 is 5.32 Å². The highest BCUT2D eigenvalue weighted by Crippen LogP contribution is 2.36. The van der Waals surface area contributed by atoms with E-state index in [1.165, 1.54) is 5.56 Å². The highest BCUT2D eigenvalue weighted by Gasteiger charge is 2.34. The zero-order valence-electron chi connectivity index (χ0n) is 13.9. The summed E-state index contributed by atoms with van der Waals surface area (Å²) in [5, 5.41) is 3.55. The Balaban J connectivity index is 1.80. The Hall–Kier alpha value is -2.17. The maximum Gasteiger partial charge on any atom is 0.308 e. The summed E-state index contributed by atoms with van der Waals surface area (Å²) in [6.07, 6.45) is -0.0536. The Morgan fingerprint density at radius 1 is 1.08 bits per heavy atom. The number of carbonyl (C=O) groups is 1. The Labute approximate surface area is 142 Å². The van der Waals surface area contributed by atoms with Gasteiger partial charge in [0.25, 0.3) is 0 Å². The van der Waals surface area contributed by atoms with Crippen molar-refractivity contribution in [2.45, 2.75) is 31.6 Å². The number of hydrogen-bond acceptors (Lipinski definition) is 4. The number of benzene rings is 2. The summed E-state index contributed by atoms with van der Waals surface area (Å²) in [5.74, 6) is -0.214. The van der Waals surface area contributed by atoms with Crippen LogP contribution in [0.3, 0.4) is 0 Å². The molecule has 1 N–H and O–H groups in total. The van der Waals surface area contributed by atoms with Crippen LogP contribution >= 0.6 is 0 Å². The van der Waals surface area contributed by atoms with Gasteiger partial charge in [-0.25, -0.2) is 0 Å². The molecule has 1 saturated heterocycles. The number of ether oxygens (including phenoxy) is 2. The zero-order valence-corrected chi connectivity index (χ0v) is 13.9. The van der Waals surface area contributed by atoms with E-state index in [9.17, 15) is 4.79 Å². The Morgan fingerprint density at radius 3 is 2.33 bits per heavy atom. The summed E-state index contributed by atoms with van der Waals surface area (Å²) in [7, 11) is 0. The monoisotopic (exact) mass is 325 g/mol. The summed E-state index contributed by atoms with van der Waals surface area (Å²) in [6.45, 7) is 2.84. The maximum absolute atomic E-state index is 11.8. The van der Waals surface area contributed by atoms with E-state index in [1.54, 1.807) is 0 Å². The van der Waals surface area contributed by atoms with E-state index in [2.05, 4.69) is 29.6 Å². The van der Waals surface area contributed by atoms with Gasteiger partial charge in [0.2, 0.25) is 0 Å². The van der Waals surface area contributed by atoms with Gasteiger partial charge >= 0.3 is 5.97 Å². The number of esters is 1. The third-order valence-electron chi connectivity index (χ3n) is 4.19. The SMILES string of the molecule is CCOC(=O)C[C@@H]1CN[C@H](c2ccccc2)[C@H](c2ccccc2)O1. The maximum atomic E-state index is 11.8. The van der Waals surface area contributed by atoms with E-state index in [-0.39, 0.29) is 30.6 Å². The molecule has 0 aliphatic carbocycles. The topological polar surface area (TPSA) is 47.6 Å². The predicted molar refractivity (Wildman–Crippen MR) is 92.5 cm³/mol. The van der Waals surface area contributed by atoms with Gasteiger partial charge in [-0.3, -0.25) is 4.79 Å². The molecule has 3 atom stereocenters. The molecule has 2 aromatic rings. The van der Waals surface area contributed by atoms with Gasteiger partial charge in [0.15, 0.2) is 0 Å². The van der Waals surface area contributed by atoms with Crippen molar-refractivity contribution in [1.29, 1.82) is 0 Å². The summed E-state index contributed by atoms with van der Waals surface area (Å²) >= 11 is 0. The zero-order chi connectivity index (χ0) is 16.8. The van der Waals surface area contributed by atoms with E-state index in [0.29, 0.717) is 13.2 Å². The fourth-order valence-corrected chi connectivity index (χ4v) is 3.09. The fraction of sp³-hybridized carbons (Fsp3) is 0.350. The van der Waals surface area contributed by atoms with Crippen LogP contribution in [0.25, 0.3) is 0 Å². The minimum atomic E-state index is -0.214. The summed E-state index contributed by atoms with van der Waals surface area (Å²) in [4.78, 5) is 11.8. The number of morpholine rings is 1. The summed E-state index contributed by atoms with van der Waals surface area (Å²) in [6, 6.07) is 20.5. The number of hydrogen-bond donors (Lipinski definition) is 1. The molecule has 0 spiro atoms. The molecule has 0 aromatic heterocycles. The van der Waals surface area contributed by atoms with Crippen LogP contribution in [0.15, 0.2) is 60.7 Å². The molecule has 1 heterocycles. The number of rotatable bonds is 5. The first-order valence-electron chi connectivity index (χ1n) is 8.42. The molecular formula is C20H23NO3. The first-order valence-corrected chi connectivity index (χ1v) is 8.42. The average molecular weight is 325 g/mol. The standard InChI is InChI=1S/C20H23NO3/c1-2-23-18(22)13-17-14-21-19(15-9-5-3-6-10-15)20(24-17)16-11-7-4-8-12-16/h3-12,17,19-21H,2,13-14H2,1H3/t17-,19-,20+/m1/s1. The van der Waals surface area contributed by atoms with Gasteiger partial charge in [0.1, 0.15) is 6.10 Å². The molecule has 1 fully saturated rings. The van der Waals surface area contributed by atoms with Crippen LogP contribution in [0.4, 0.5) is 0 Å². The Bertz CT molecular complexity index is 644. The molecule has 0 radical (unpaired) electrons. The number of carbonyl (C=O) groups excluding carboxylic acids is 1. The van der Waals surface area contributed by atoms with E-state index >= 15 is 0 Å². The molecule has 0 amide bonds. The lowest BCUT2D eigenvalue weighted by molar-refractivity contribution is -0.150. The third kappa shape index (κ3) is 4.02. The van der Waals surface area contributed by atoms with Gasteiger partial charge in [-0.15, -0.1) is 0 Å². The van der Waals surface area contributed by atoms with Crippen molar-refractivity contribution in [3.05, 3.63) is 71.8 Å². The molecule has 2 aromatic carbocycles. The normalized spacial score (nSPS) is 23.6. The molecule has 0 saturated carbocycles. The van der Waals surface area contributed by atoms with E-state index in [1.807, 2.05) is 43.3 Å². The van der Waals surface area contributed by atoms with Crippen molar-refractivity contribution in [3.63, 3.8) is 0 Å². The lowest BCUT2D eigenvalue weighted by Gasteiger charge is -2.38. The largest absolute Gasteiger partial charge is 0.466 e. The van der Waals surface area contributed by atoms with Crippen molar-refractivity contribution < 1.29 is 14.3 Å². The molecule has 1 aliphatic heterocycles. The van der Waals surface area contributed by atoms with Gasteiger partial charge in [0.05, 0.1) is 25.2 Å². The molecule has 3 rings (SSSR count). The van der Waals surface area contributed by atoms with Crippen molar-refractivity contribution in [2.75, 3.05) is 13.2 Å². The third-order valence-corrected chi connectivity index (χ3v) is 4.19. The first-order chi connectivity index (χ1) is 11.8. The molecule has 0 unspecified atom stereocenters. The summed E-state index contributed by atoms with van der Waals surface area (Å²) in [5.41, 5.74) is 2.29. The van der Waals surface area contributed by atoms with Crippen LogP contribution in [0.5, 0.6) is 0 Å². The van der Waals surface area contributed by atoms with Crippen LogP contribution in [0.2, 0.25) is 0 Å². The van der Waals surface area contributed by atoms with Crippen molar-refractivity contribution in [1.82, 2.24) is 5.32 Å². The molecule has 126 valence electrons. The average Bonchev–Trinajstić information content (AvgIpc) is 2.63. The smallest absolute Gasteiger partial charge is 0.308 e.